The first-order valence-corrected chi connectivity index (χ1v) is 9.20. The van der Waals surface area contributed by atoms with Crippen LogP contribution in [0.15, 0.2) is 17.0 Å². The molecule has 0 spiro atoms. The van der Waals surface area contributed by atoms with Crippen LogP contribution in [0.2, 0.25) is 10.0 Å². The predicted molar refractivity (Wildman–Crippen MR) is 86.2 cm³/mol. The summed E-state index contributed by atoms with van der Waals surface area (Å²) in [5.74, 6) is 0. The highest BCUT2D eigenvalue weighted by atomic mass is 35.5. The molecule has 1 heterocycles. The minimum atomic E-state index is -3.65. The number of hydrogen-bond donors (Lipinski definition) is 1. The van der Waals surface area contributed by atoms with Crippen molar-refractivity contribution in [1.82, 2.24) is 4.31 Å². The van der Waals surface area contributed by atoms with Gasteiger partial charge in [0.05, 0.1) is 5.02 Å². The molecule has 2 rings (SSSR count). The second kappa shape index (κ2) is 6.42. The van der Waals surface area contributed by atoms with E-state index in [1.54, 1.807) is 10.4 Å². The fraction of sp³-hybridized carbons (Fsp3) is 0.571. The molecule has 2 atom stereocenters. The highest BCUT2D eigenvalue weighted by Gasteiger charge is 2.37. The number of piperidine rings is 1. The monoisotopic (exact) mass is 350 g/mol. The third-order valence-corrected chi connectivity index (χ3v) is 7.09. The SMILES string of the molecule is CC1CCCC(C)N1S(=O)(=O)c1ccc(Cl)c(CN)c1Cl. The van der Waals surface area contributed by atoms with Crippen molar-refractivity contribution in [2.45, 2.75) is 56.6 Å². The van der Waals surface area contributed by atoms with E-state index in [0.717, 1.165) is 19.3 Å². The molecular formula is C14H20Cl2N2O2S. The fourth-order valence-electron chi connectivity index (χ4n) is 2.95. The van der Waals surface area contributed by atoms with E-state index in [4.69, 9.17) is 28.9 Å². The Balaban J connectivity index is 2.54. The van der Waals surface area contributed by atoms with E-state index >= 15 is 0 Å². The zero-order valence-corrected chi connectivity index (χ0v) is 14.5. The summed E-state index contributed by atoms with van der Waals surface area (Å²) in [7, 11) is -3.65. The highest BCUT2D eigenvalue weighted by molar-refractivity contribution is 7.89. The number of halogens is 2. The number of nitrogens with zero attached hydrogens (tertiary/aromatic N) is 1. The number of nitrogens with two attached hydrogens (primary N) is 1. The van der Waals surface area contributed by atoms with Gasteiger partial charge in [0.15, 0.2) is 0 Å². The topological polar surface area (TPSA) is 63.4 Å². The van der Waals surface area contributed by atoms with Crippen molar-refractivity contribution < 1.29 is 8.42 Å². The van der Waals surface area contributed by atoms with E-state index in [1.165, 1.54) is 6.07 Å². The van der Waals surface area contributed by atoms with Gasteiger partial charge >= 0.3 is 0 Å². The minimum Gasteiger partial charge on any atom is -0.326 e. The van der Waals surface area contributed by atoms with E-state index in [1.807, 2.05) is 13.8 Å². The van der Waals surface area contributed by atoms with Gasteiger partial charge < -0.3 is 5.73 Å². The number of benzene rings is 1. The Bertz CT molecular complexity index is 624. The summed E-state index contributed by atoms with van der Waals surface area (Å²) in [6.07, 6.45) is 2.76. The largest absolute Gasteiger partial charge is 0.326 e. The summed E-state index contributed by atoms with van der Waals surface area (Å²) in [5, 5.41) is 0.524. The molecule has 1 aromatic rings. The van der Waals surface area contributed by atoms with Gasteiger partial charge in [-0.3, -0.25) is 0 Å². The van der Waals surface area contributed by atoms with Crippen LogP contribution in [-0.2, 0) is 16.6 Å². The van der Waals surface area contributed by atoms with Gasteiger partial charge in [-0.25, -0.2) is 8.42 Å². The molecule has 0 aliphatic carbocycles. The first-order valence-electron chi connectivity index (χ1n) is 7.01. The summed E-state index contributed by atoms with van der Waals surface area (Å²) in [4.78, 5) is 0.0922. The summed E-state index contributed by atoms with van der Waals surface area (Å²) in [6, 6.07) is 2.94. The maximum absolute atomic E-state index is 13.0. The first-order chi connectivity index (χ1) is 9.80. The Morgan fingerprint density at radius 2 is 1.81 bits per heavy atom. The van der Waals surface area contributed by atoms with E-state index < -0.39 is 10.0 Å². The molecule has 1 aliphatic heterocycles. The van der Waals surface area contributed by atoms with Gasteiger partial charge in [-0.1, -0.05) is 29.6 Å². The van der Waals surface area contributed by atoms with E-state index in [9.17, 15) is 8.42 Å². The third kappa shape index (κ3) is 3.08. The molecule has 1 saturated heterocycles. The van der Waals surface area contributed by atoms with Crippen molar-refractivity contribution >= 4 is 33.2 Å². The lowest BCUT2D eigenvalue weighted by Gasteiger charge is -2.38. The lowest BCUT2D eigenvalue weighted by molar-refractivity contribution is 0.204. The third-order valence-electron chi connectivity index (χ3n) is 4.02. The van der Waals surface area contributed by atoms with Crippen molar-refractivity contribution in [2.24, 2.45) is 5.73 Å². The van der Waals surface area contributed by atoms with Gasteiger partial charge in [-0.2, -0.15) is 4.31 Å². The lowest BCUT2D eigenvalue weighted by Crippen LogP contribution is -2.47. The Kier molecular flexibility index (Phi) is 5.21. The van der Waals surface area contributed by atoms with Crippen LogP contribution in [0.3, 0.4) is 0 Å². The van der Waals surface area contributed by atoms with Gasteiger partial charge in [0, 0.05) is 29.2 Å². The number of hydrogen-bond acceptors (Lipinski definition) is 3. The lowest BCUT2D eigenvalue weighted by atomic mass is 10.0. The van der Waals surface area contributed by atoms with Crippen LogP contribution in [0.4, 0.5) is 0 Å². The summed E-state index contributed by atoms with van der Waals surface area (Å²) >= 11 is 12.3. The Morgan fingerprint density at radius 1 is 1.24 bits per heavy atom. The molecule has 4 nitrogen and oxygen atoms in total. The molecule has 0 saturated carbocycles. The maximum atomic E-state index is 13.0. The van der Waals surface area contributed by atoms with Crippen LogP contribution < -0.4 is 5.73 Å². The molecule has 0 aromatic heterocycles. The van der Waals surface area contributed by atoms with E-state index in [-0.39, 0.29) is 28.5 Å². The molecule has 7 heteroatoms. The molecule has 2 unspecified atom stereocenters. The molecule has 1 fully saturated rings. The quantitative estimate of drug-likeness (QED) is 0.908. The van der Waals surface area contributed by atoms with Crippen molar-refractivity contribution in [3.05, 3.63) is 27.7 Å². The zero-order valence-electron chi connectivity index (χ0n) is 12.1. The number of sulfonamides is 1. The average Bonchev–Trinajstić information content (AvgIpc) is 2.38. The van der Waals surface area contributed by atoms with Gasteiger partial charge in [0.1, 0.15) is 4.90 Å². The van der Waals surface area contributed by atoms with Crippen LogP contribution in [0.25, 0.3) is 0 Å². The Morgan fingerprint density at radius 3 is 2.33 bits per heavy atom. The second-order valence-electron chi connectivity index (χ2n) is 5.51. The average molecular weight is 351 g/mol. The summed E-state index contributed by atoms with van der Waals surface area (Å²) < 4.78 is 27.5. The highest BCUT2D eigenvalue weighted by Crippen LogP contribution is 2.36. The molecule has 118 valence electrons. The summed E-state index contributed by atoms with van der Waals surface area (Å²) in [5.41, 5.74) is 6.09. The van der Waals surface area contributed by atoms with Crippen LogP contribution in [0.1, 0.15) is 38.7 Å². The molecular weight excluding hydrogens is 331 g/mol. The van der Waals surface area contributed by atoms with Crippen LogP contribution in [0.5, 0.6) is 0 Å². The van der Waals surface area contributed by atoms with Crippen molar-refractivity contribution in [3.8, 4) is 0 Å². The van der Waals surface area contributed by atoms with E-state index in [2.05, 4.69) is 0 Å². The molecule has 0 radical (unpaired) electrons. The first kappa shape index (κ1) is 17.0. The van der Waals surface area contributed by atoms with Crippen molar-refractivity contribution in [2.75, 3.05) is 0 Å². The predicted octanol–water partition coefficient (Wildman–Crippen LogP) is 3.40. The van der Waals surface area contributed by atoms with Crippen molar-refractivity contribution in [1.29, 1.82) is 0 Å². The van der Waals surface area contributed by atoms with Gasteiger partial charge in [-0.15, -0.1) is 0 Å². The number of rotatable bonds is 3. The van der Waals surface area contributed by atoms with Crippen LogP contribution in [0, 0.1) is 0 Å². The second-order valence-corrected chi connectivity index (χ2v) is 8.10. The minimum absolute atomic E-state index is 0.0354. The molecule has 1 aromatic carbocycles. The van der Waals surface area contributed by atoms with Gasteiger partial charge in [0.2, 0.25) is 10.0 Å². The van der Waals surface area contributed by atoms with Gasteiger partial charge in [-0.05, 0) is 38.8 Å². The fourth-order valence-corrected chi connectivity index (χ4v) is 5.74. The molecule has 1 aliphatic rings. The molecule has 2 N–H and O–H groups in total. The normalized spacial score (nSPS) is 24.2. The maximum Gasteiger partial charge on any atom is 0.245 e. The van der Waals surface area contributed by atoms with Crippen LogP contribution in [-0.4, -0.2) is 24.8 Å². The standard InChI is InChI=1S/C14H20Cl2N2O2S/c1-9-4-3-5-10(2)18(9)21(19,20)13-7-6-12(15)11(8-17)14(13)16/h6-7,9-10H,3-5,8,17H2,1-2H3. The zero-order chi connectivity index (χ0) is 15.8. The van der Waals surface area contributed by atoms with Crippen molar-refractivity contribution in [3.63, 3.8) is 0 Å². The molecule has 0 bridgehead atoms. The summed E-state index contributed by atoms with van der Waals surface area (Å²) in [6.45, 7) is 3.97. The Hall–Kier alpha value is -0.330. The Labute approximate surface area is 136 Å². The molecule has 21 heavy (non-hydrogen) atoms. The molecule has 0 amide bonds. The van der Waals surface area contributed by atoms with Crippen LogP contribution >= 0.6 is 23.2 Å². The van der Waals surface area contributed by atoms with E-state index in [0.29, 0.717) is 10.6 Å². The van der Waals surface area contributed by atoms with Gasteiger partial charge in [0.25, 0.3) is 0 Å². The smallest absolute Gasteiger partial charge is 0.245 e.